The van der Waals surface area contributed by atoms with Gasteiger partial charge in [0.25, 0.3) is 0 Å². The second kappa shape index (κ2) is 1.81. The maximum Gasteiger partial charge on any atom is 0.125 e. The second-order valence-corrected chi connectivity index (χ2v) is 2.91. The summed E-state index contributed by atoms with van der Waals surface area (Å²) in [5.41, 5.74) is 0. The summed E-state index contributed by atoms with van der Waals surface area (Å²) < 4.78 is 5.44. The van der Waals surface area contributed by atoms with Gasteiger partial charge in [-0.05, 0) is 19.3 Å². The summed E-state index contributed by atoms with van der Waals surface area (Å²) in [7, 11) is 0. The Bertz CT molecular complexity index is 133. The number of hydrogen-bond donors (Lipinski definition) is 0. The van der Waals surface area contributed by atoms with E-state index in [1.54, 1.807) is 0 Å². The van der Waals surface area contributed by atoms with Gasteiger partial charge in [0.2, 0.25) is 0 Å². The molecular weight excluding hydrogens is 116 g/mol. The first-order chi connectivity index (χ1) is 4.40. The lowest BCUT2D eigenvalue weighted by Crippen LogP contribution is -2.16. The average molecular weight is 126 g/mol. The minimum Gasteiger partial charge on any atom is -0.374 e. The van der Waals surface area contributed by atoms with Crippen molar-refractivity contribution >= 4 is 6.29 Å². The molecular formula is C7H10O2. The molecule has 3 atom stereocenters. The van der Waals surface area contributed by atoms with Crippen molar-refractivity contribution in [2.45, 2.75) is 31.5 Å². The van der Waals surface area contributed by atoms with E-state index in [1.807, 2.05) is 0 Å². The van der Waals surface area contributed by atoms with E-state index >= 15 is 0 Å². The number of ether oxygens (including phenoxy) is 1. The van der Waals surface area contributed by atoms with Gasteiger partial charge in [0.15, 0.2) is 0 Å². The van der Waals surface area contributed by atoms with E-state index in [0.717, 1.165) is 19.1 Å². The molecule has 0 aromatic heterocycles. The molecule has 2 aliphatic heterocycles. The molecule has 2 saturated heterocycles. The van der Waals surface area contributed by atoms with Crippen molar-refractivity contribution in [3.63, 3.8) is 0 Å². The van der Waals surface area contributed by atoms with Crippen molar-refractivity contribution in [3.05, 3.63) is 0 Å². The van der Waals surface area contributed by atoms with Crippen LogP contribution in [-0.4, -0.2) is 18.5 Å². The summed E-state index contributed by atoms with van der Waals surface area (Å²) in [4.78, 5) is 10.3. The summed E-state index contributed by atoms with van der Waals surface area (Å²) in [6.45, 7) is 0. The molecule has 2 bridgehead atoms. The van der Waals surface area contributed by atoms with Gasteiger partial charge in [-0.2, -0.15) is 0 Å². The monoisotopic (exact) mass is 126 g/mol. The zero-order valence-electron chi connectivity index (χ0n) is 5.25. The summed E-state index contributed by atoms with van der Waals surface area (Å²) in [6.07, 6.45) is 5.01. The lowest BCUT2D eigenvalue weighted by atomic mass is 9.91. The predicted molar refractivity (Wildman–Crippen MR) is 32.1 cm³/mol. The van der Waals surface area contributed by atoms with E-state index in [-0.39, 0.29) is 12.0 Å². The van der Waals surface area contributed by atoms with Crippen LogP contribution in [0.25, 0.3) is 0 Å². The molecule has 0 saturated carbocycles. The SMILES string of the molecule is O=CC1C[C@@H]2CC[C@H]1O2. The topological polar surface area (TPSA) is 26.3 Å². The molecule has 0 amide bonds. The molecule has 0 spiro atoms. The maximum atomic E-state index is 10.3. The highest BCUT2D eigenvalue weighted by molar-refractivity contribution is 5.55. The highest BCUT2D eigenvalue weighted by Gasteiger charge is 2.40. The highest BCUT2D eigenvalue weighted by atomic mass is 16.5. The average Bonchev–Trinajstić information content (AvgIpc) is 2.45. The molecule has 0 aromatic rings. The zero-order valence-corrected chi connectivity index (χ0v) is 5.25. The fourth-order valence-corrected chi connectivity index (χ4v) is 1.82. The quantitative estimate of drug-likeness (QED) is 0.485. The van der Waals surface area contributed by atoms with Crippen LogP contribution in [0, 0.1) is 5.92 Å². The van der Waals surface area contributed by atoms with Crippen molar-refractivity contribution in [2.24, 2.45) is 5.92 Å². The van der Waals surface area contributed by atoms with Crippen molar-refractivity contribution in [1.29, 1.82) is 0 Å². The summed E-state index contributed by atoms with van der Waals surface area (Å²) >= 11 is 0. The van der Waals surface area contributed by atoms with E-state index in [9.17, 15) is 4.79 Å². The molecule has 2 fully saturated rings. The number of carbonyl (C=O) groups excluding carboxylic acids is 1. The standard InChI is InChI=1S/C7H10O2/c8-4-5-3-6-1-2-7(5)9-6/h4-7H,1-3H2/t5?,6-,7+/m0/s1. The van der Waals surface area contributed by atoms with E-state index in [1.165, 1.54) is 6.42 Å². The number of fused-ring (bicyclic) bond motifs is 2. The van der Waals surface area contributed by atoms with Gasteiger partial charge in [-0.15, -0.1) is 0 Å². The summed E-state index contributed by atoms with van der Waals surface area (Å²) in [6, 6.07) is 0. The zero-order chi connectivity index (χ0) is 6.27. The number of hydrogen-bond acceptors (Lipinski definition) is 2. The van der Waals surface area contributed by atoms with Gasteiger partial charge in [-0.3, -0.25) is 0 Å². The van der Waals surface area contributed by atoms with Gasteiger partial charge in [-0.1, -0.05) is 0 Å². The largest absolute Gasteiger partial charge is 0.374 e. The minimum absolute atomic E-state index is 0.226. The Morgan fingerprint density at radius 1 is 1.44 bits per heavy atom. The molecule has 0 radical (unpaired) electrons. The number of carbonyl (C=O) groups is 1. The van der Waals surface area contributed by atoms with E-state index < -0.39 is 0 Å². The Morgan fingerprint density at radius 2 is 2.33 bits per heavy atom. The lowest BCUT2D eigenvalue weighted by Gasteiger charge is -2.09. The fraction of sp³-hybridized carbons (Fsp3) is 0.857. The van der Waals surface area contributed by atoms with Gasteiger partial charge in [0, 0.05) is 5.92 Å². The lowest BCUT2D eigenvalue weighted by molar-refractivity contribution is -0.112. The molecule has 0 aromatic carbocycles. The maximum absolute atomic E-state index is 10.3. The van der Waals surface area contributed by atoms with Gasteiger partial charge in [0.1, 0.15) is 6.29 Å². The smallest absolute Gasteiger partial charge is 0.125 e. The predicted octanol–water partition coefficient (Wildman–Crippen LogP) is 0.753. The van der Waals surface area contributed by atoms with E-state index in [2.05, 4.69) is 0 Å². The van der Waals surface area contributed by atoms with Crippen LogP contribution in [0.3, 0.4) is 0 Å². The van der Waals surface area contributed by atoms with Crippen molar-refractivity contribution in [2.75, 3.05) is 0 Å². The van der Waals surface area contributed by atoms with Crippen LogP contribution < -0.4 is 0 Å². The third kappa shape index (κ3) is 0.697. The van der Waals surface area contributed by atoms with Crippen LogP contribution in [0.5, 0.6) is 0 Å². The van der Waals surface area contributed by atoms with Gasteiger partial charge < -0.3 is 9.53 Å². The molecule has 0 N–H and O–H groups in total. The number of aldehydes is 1. The molecule has 1 unspecified atom stereocenters. The highest BCUT2D eigenvalue weighted by Crippen LogP contribution is 2.37. The van der Waals surface area contributed by atoms with Crippen molar-refractivity contribution in [1.82, 2.24) is 0 Å². The second-order valence-electron chi connectivity index (χ2n) is 2.91. The van der Waals surface area contributed by atoms with E-state index in [4.69, 9.17) is 4.74 Å². The summed E-state index contributed by atoms with van der Waals surface area (Å²) in [5, 5.41) is 0. The molecule has 9 heavy (non-hydrogen) atoms. The third-order valence-corrected chi connectivity index (χ3v) is 2.33. The Morgan fingerprint density at radius 3 is 2.67 bits per heavy atom. The first-order valence-electron chi connectivity index (χ1n) is 3.51. The van der Waals surface area contributed by atoms with Crippen molar-refractivity contribution in [3.8, 4) is 0 Å². The first-order valence-corrected chi connectivity index (χ1v) is 3.51. The molecule has 2 rings (SSSR count). The Hall–Kier alpha value is -0.370. The Labute approximate surface area is 54.2 Å². The Balaban J connectivity index is 2.09. The van der Waals surface area contributed by atoms with Crippen LogP contribution >= 0.6 is 0 Å². The fourth-order valence-electron chi connectivity index (χ4n) is 1.82. The van der Waals surface area contributed by atoms with Crippen LogP contribution in [0.2, 0.25) is 0 Å². The van der Waals surface area contributed by atoms with Crippen LogP contribution in [0.4, 0.5) is 0 Å². The summed E-state index contributed by atoms with van der Waals surface area (Å²) in [5.74, 6) is 0.226. The van der Waals surface area contributed by atoms with Gasteiger partial charge in [0.05, 0.1) is 12.2 Å². The molecule has 2 heteroatoms. The van der Waals surface area contributed by atoms with Crippen LogP contribution in [0.1, 0.15) is 19.3 Å². The minimum atomic E-state index is 0.226. The molecule has 50 valence electrons. The Kier molecular flexibility index (Phi) is 1.09. The van der Waals surface area contributed by atoms with E-state index in [0.29, 0.717) is 6.10 Å². The van der Waals surface area contributed by atoms with Crippen LogP contribution in [0.15, 0.2) is 0 Å². The third-order valence-electron chi connectivity index (χ3n) is 2.33. The molecule has 2 heterocycles. The van der Waals surface area contributed by atoms with Crippen LogP contribution in [-0.2, 0) is 9.53 Å². The molecule has 2 nitrogen and oxygen atoms in total. The first kappa shape index (κ1) is 5.42. The normalized spacial score (nSPS) is 47.8. The van der Waals surface area contributed by atoms with Crippen molar-refractivity contribution < 1.29 is 9.53 Å². The molecule has 0 aliphatic carbocycles. The van der Waals surface area contributed by atoms with Gasteiger partial charge >= 0.3 is 0 Å². The number of rotatable bonds is 1. The molecule has 2 aliphatic rings. The van der Waals surface area contributed by atoms with Gasteiger partial charge in [-0.25, -0.2) is 0 Å².